The van der Waals surface area contributed by atoms with Gasteiger partial charge in [-0.05, 0) is 6.08 Å². The first kappa shape index (κ1) is 7.81. The first-order valence-corrected chi connectivity index (χ1v) is 4.08. The number of carbonyl (C=O) groups is 1. The van der Waals surface area contributed by atoms with Crippen molar-refractivity contribution in [2.24, 2.45) is 5.92 Å². The van der Waals surface area contributed by atoms with Gasteiger partial charge in [0.25, 0.3) is 5.91 Å². The molecule has 0 radical (unpaired) electrons. The first-order valence-electron chi connectivity index (χ1n) is 4.08. The minimum atomic E-state index is -0.223. The van der Waals surface area contributed by atoms with Gasteiger partial charge in [0.2, 0.25) is 0 Å². The molecule has 3 heteroatoms. The molecule has 0 N–H and O–H groups in total. The van der Waals surface area contributed by atoms with Crippen LogP contribution in [0.2, 0.25) is 0 Å². The van der Waals surface area contributed by atoms with Crippen LogP contribution in [0.15, 0.2) is 36.6 Å². The predicted octanol–water partition coefficient (Wildman–Crippen LogP) is 0.977. The number of nitrogens with zero attached hydrogens (tertiary/aromatic N) is 2. The average Bonchev–Trinajstić information content (AvgIpc) is 2.19. The van der Waals surface area contributed by atoms with Gasteiger partial charge < -0.3 is 4.90 Å². The van der Waals surface area contributed by atoms with Crippen molar-refractivity contribution in [2.75, 3.05) is 0 Å². The molecule has 2 aliphatic heterocycles. The summed E-state index contributed by atoms with van der Waals surface area (Å²) >= 11 is 0. The lowest BCUT2D eigenvalue weighted by Gasteiger charge is -2.32. The monoisotopic (exact) mass is 172 g/mol. The second-order valence-electron chi connectivity index (χ2n) is 2.98. The molecule has 2 heterocycles. The number of rotatable bonds is 0. The maximum Gasteiger partial charge on any atom is 0.250 e. The van der Waals surface area contributed by atoms with Crippen LogP contribution in [0.3, 0.4) is 0 Å². The van der Waals surface area contributed by atoms with Crippen molar-refractivity contribution in [2.45, 2.75) is 6.04 Å². The van der Waals surface area contributed by atoms with E-state index < -0.39 is 0 Å². The van der Waals surface area contributed by atoms with Crippen molar-refractivity contribution in [1.82, 2.24) is 4.90 Å². The van der Waals surface area contributed by atoms with Crippen molar-refractivity contribution < 1.29 is 4.79 Å². The van der Waals surface area contributed by atoms with Crippen LogP contribution in [0.5, 0.6) is 0 Å². The summed E-state index contributed by atoms with van der Waals surface area (Å²) in [5.41, 5.74) is 0. The van der Waals surface area contributed by atoms with Crippen LogP contribution < -0.4 is 0 Å². The Morgan fingerprint density at radius 1 is 1.38 bits per heavy atom. The molecule has 0 spiro atoms. The number of carbonyl (C=O) groups excluding carboxylic acids is 1. The normalized spacial score (nSPS) is 30.1. The average molecular weight is 172 g/mol. The minimum absolute atomic E-state index is 0.0582. The summed E-state index contributed by atoms with van der Waals surface area (Å²) in [5, 5.41) is 8.82. The number of nitriles is 1. The molecule has 13 heavy (non-hydrogen) atoms. The molecule has 2 aliphatic rings. The standard InChI is InChI=1S/C10H8N2O/c11-7-8-4-5-10(13)12-6-2-1-3-9(8)12/h1-6,8-9H. The number of amides is 1. The number of allylic oxidation sites excluding steroid dienone is 2. The molecule has 0 aromatic heterocycles. The summed E-state index contributed by atoms with van der Waals surface area (Å²) < 4.78 is 0. The fourth-order valence-electron chi connectivity index (χ4n) is 1.53. The largest absolute Gasteiger partial charge is 0.307 e. The highest BCUT2D eigenvalue weighted by Crippen LogP contribution is 2.22. The molecular weight excluding hydrogens is 164 g/mol. The second-order valence-corrected chi connectivity index (χ2v) is 2.98. The quantitative estimate of drug-likeness (QED) is 0.546. The molecule has 0 saturated heterocycles. The van der Waals surface area contributed by atoms with Crippen LogP contribution in [-0.2, 0) is 4.79 Å². The summed E-state index contributed by atoms with van der Waals surface area (Å²) in [6.45, 7) is 0. The Labute approximate surface area is 76.3 Å². The van der Waals surface area contributed by atoms with Crippen molar-refractivity contribution in [1.29, 1.82) is 5.26 Å². The van der Waals surface area contributed by atoms with Crippen LogP contribution in [0, 0.1) is 17.2 Å². The van der Waals surface area contributed by atoms with E-state index in [2.05, 4.69) is 6.07 Å². The number of fused-ring (bicyclic) bond motifs is 1. The lowest BCUT2D eigenvalue weighted by molar-refractivity contribution is -0.125. The molecule has 2 unspecified atom stereocenters. The van der Waals surface area contributed by atoms with E-state index in [1.807, 2.05) is 12.2 Å². The number of hydrogen-bond acceptors (Lipinski definition) is 2. The molecule has 0 bridgehead atoms. The fourth-order valence-corrected chi connectivity index (χ4v) is 1.53. The Hall–Kier alpha value is -1.82. The fraction of sp³-hybridized carbons (Fsp3) is 0.200. The molecular formula is C10H8N2O. The number of hydrogen-bond donors (Lipinski definition) is 0. The van der Waals surface area contributed by atoms with Crippen molar-refractivity contribution in [3.63, 3.8) is 0 Å². The Balaban J connectivity index is 2.38. The third kappa shape index (κ3) is 1.17. The van der Waals surface area contributed by atoms with Gasteiger partial charge in [-0.25, -0.2) is 0 Å². The van der Waals surface area contributed by atoms with Crippen LogP contribution in [-0.4, -0.2) is 16.8 Å². The Morgan fingerprint density at radius 2 is 2.23 bits per heavy atom. The van der Waals surface area contributed by atoms with Crippen LogP contribution >= 0.6 is 0 Å². The zero-order chi connectivity index (χ0) is 9.26. The SMILES string of the molecule is N#CC1C=CC(=O)N2C=CC=CC12. The highest BCUT2D eigenvalue weighted by atomic mass is 16.2. The third-order valence-corrected chi connectivity index (χ3v) is 2.20. The smallest absolute Gasteiger partial charge is 0.250 e. The van der Waals surface area contributed by atoms with Gasteiger partial charge in [-0.3, -0.25) is 4.79 Å². The van der Waals surface area contributed by atoms with Gasteiger partial charge in [0.1, 0.15) is 0 Å². The Bertz CT molecular complexity index is 360. The molecule has 2 atom stereocenters. The summed E-state index contributed by atoms with van der Waals surface area (Å²) in [7, 11) is 0. The summed E-state index contributed by atoms with van der Waals surface area (Å²) in [6, 6.07) is 2.04. The maximum absolute atomic E-state index is 11.3. The van der Waals surface area contributed by atoms with Gasteiger partial charge in [0.05, 0.1) is 18.0 Å². The van der Waals surface area contributed by atoms with Crippen LogP contribution in [0.1, 0.15) is 0 Å². The Morgan fingerprint density at radius 3 is 3.00 bits per heavy atom. The van der Waals surface area contributed by atoms with E-state index in [4.69, 9.17) is 5.26 Å². The topological polar surface area (TPSA) is 44.1 Å². The first-order chi connectivity index (χ1) is 6.33. The van der Waals surface area contributed by atoms with Gasteiger partial charge in [-0.1, -0.05) is 18.2 Å². The van der Waals surface area contributed by atoms with Gasteiger partial charge in [0, 0.05) is 12.3 Å². The van der Waals surface area contributed by atoms with Crippen molar-refractivity contribution in [3.05, 3.63) is 36.6 Å². The Kier molecular flexibility index (Phi) is 1.75. The lowest BCUT2D eigenvalue weighted by Crippen LogP contribution is -2.42. The molecule has 0 saturated carbocycles. The summed E-state index contributed by atoms with van der Waals surface area (Å²) in [4.78, 5) is 12.9. The zero-order valence-electron chi connectivity index (χ0n) is 6.92. The van der Waals surface area contributed by atoms with Crippen molar-refractivity contribution >= 4 is 5.91 Å². The third-order valence-electron chi connectivity index (χ3n) is 2.20. The lowest BCUT2D eigenvalue weighted by atomic mass is 9.94. The summed E-state index contributed by atoms with van der Waals surface area (Å²) in [5.74, 6) is -0.281. The molecule has 64 valence electrons. The van der Waals surface area contributed by atoms with Gasteiger partial charge in [-0.15, -0.1) is 0 Å². The molecule has 0 fully saturated rings. The van der Waals surface area contributed by atoms with Gasteiger partial charge >= 0.3 is 0 Å². The van der Waals surface area contributed by atoms with E-state index >= 15 is 0 Å². The van der Waals surface area contributed by atoms with Gasteiger partial charge in [0.15, 0.2) is 0 Å². The molecule has 3 nitrogen and oxygen atoms in total. The van der Waals surface area contributed by atoms with E-state index in [1.165, 1.54) is 6.08 Å². The van der Waals surface area contributed by atoms with Gasteiger partial charge in [-0.2, -0.15) is 5.26 Å². The predicted molar refractivity (Wildman–Crippen MR) is 47.2 cm³/mol. The van der Waals surface area contributed by atoms with Crippen LogP contribution in [0.4, 0.5) is 0 Å². The molecule has 0 aliphatic carbocycles. The van der Waals surface area contributed by atoms with Crippen LogP contribution in [0.25, 0.3) is 0 Å². The minimum Gasteiger partial charge on any atom is -0.307 e. The molecule has 2 rings (SSSR count). The second kappa shape index (κ2) is 2.91. The highest BCUT2D eigenvalue weighted by Gasteiger charge is 2.29. The summed E-state index contributed by atoms with van der Waals surface area (Å²) in [6.07, 6.45) is 10.3. The molecule has 1 amide bonds. The maximum atomic E-state index is 11.3. The van der Waals surface area contributed by atoms with E-state index in [-0.39, 0.29) is 17.9 Å². The van der Waals surface area contributed by atoms with E-state index in [0.717, 1.165) is 0 Å². The van der Waals surface area contributed by atoms with E-state index in [0.29, 0.717) is 0 Å². The highest BCUT2D eigenvalue weighted by molar-refractivity contribution is 5.90. The van der Waals surface area contributed by atoms with Crippen molar-refractivity contribution in [3.8, 4) is 6.07 Å². The molecule has 0 aromatic rings. The molecule has 0 aromatic carbocycles. The van der Waals surface area contributed by atoms with E-state index in [1.54, 1.807) is 23.3 Å². The van der Waals surface area contributed by atoms with E-state index in [9.17, 15) is 4.79 Å². The zero-order valence-corrected chi connectivity index (χ0v) is 6.92.